The molecule has 0 unspecified atom stereocenters. The SMILES string of the molecule is NCC1(C(=O)Nc2c(F)c(F)cc(F)c2F)CC1. The summed E-state index contributed by atoms with van der Waals surface area (Å²) in [6.07, 6.45) is 0.965. The number of hydrogen-bond acceptors (Lipinski definition) is 2. The molecular weight excluding hydrogens is 252 g/mol. The van der Waals surface area contributed by atoms with Gasteiger partial charge >= 0.3 is 0 Å². The van der Waals surface area contributed by atoms with Gasteiger partial charge in [0, 0.05) is 12.6 Å². The number of anilines is 1. The Hall–Kier alpha value is -1.63. The van der Waals surface area contributed by atoms with Gasteiger partial charge in [0.2, 0.25) is 5.91 Å². The number of nitrogens with one attached hydrogen (secondary N) is 1. The first-order chi connectivity index (χ1) is 8.41. The van der Waals surface area contributed by atoms with E-state index in [1.807, 2.05) is 5.32 Å². The van der Waals surface area contributed by atoms with Crippen LogP contribution in [0.25, 0.3) is 0 Å². The number of halogens is 4. The number of hydrogen-bond donors (Lipinski definition) is 2. The minimum atomic E-state index is -1.63. The third-order valence-corrected chi connectivity index (χ3v) is 3.08. The molecular formula is C11H10F4N2O. The molecule has 0 spiro atoms. The zero-order valence-electron chi connectivity index (χ0n) is 9.20. The van der Waals surface area contributed by atoms with Gasteiger partial charge in [0.25, 0.3) is 0 Å². The summed E-state index contributed by atoms with van der Waals surface area (Å²) in [6.45, 7) is 0.0138. The highest BCUT2D eigenvalue weighted by Gasteiger charge is 2.49. The van der Waals surface area contributed by atoms with Crippen LogP contribution in [0.2, 0.25) is 0 Å². The number of amides is 1. The second-order valence-corrected chi connectivity index (χ2v) is 4.28. The molecule has 0 atom stereocenters. The van der Waals surface area contributed by atoms with E-state index in [1.165, 1.54) is 0 Å². The molecule has 0 bridgehead atoms. The van der Waals surface area contributed by atoms with E-state index in [4.69, 9.17) is 5.73 Å². The Balaban J connectivity index is 2.32. The first-order valence-electron chi connectivity index (χ1n) is 5.26. The Bertz CT molecular complexity index is 488. The van der Waals surface area contributed by atoms with Crippen molar-refractivity contribution in [2.45, 2.75) is 12.8 Å². The Morgan fingerprint density at radius 2 is 1.72 bits per heavy atom. The molecule has 1 amide bonds. The fourth-order valence-corrected chi connectivity index (χ4v) is 1.60. The molecule has 7 heteroatoms. The highest BCUT2D eigenvalue weighted by atomic mass is 19.2. The molecule has 1 aliphatic rings. The van der Waals surface area contributed by atoms with Gasteiger partial charge in [-0.1, -0.05) is 0 Å². The number of rotatable bonds is 3. The monoisotopic (exact) mass is 262 g/mol. The van der Waals surface area contributed by atoms with Crippen molar-refractivity contribution in [1.29, 1.82) is 0 Å². The quantitative estimate of drug-likeness (QED) is 0.646. The number of carbonyl (C=O) groups is 1. The van der Waals surface area contributed by atoms with Crippen LogP contribution in [0.15, 0.2) is 6.07 Å². The van der Waals surface area contributed by atoms with E-state index in [2.05, 4.69) is 0 Å². The molecule has 1 saturated carbocycles. The maximum atomic E-state index is 13.3. The smallest absolute Gasteiger partial charge is 0.232 e. The summed E-state index contributed by atoms with van der Waals surface area (Å²) in [5.41, 5.74) is 3.38. The van der Waals surface area contributed by atoms with Crippen molar-refractivity contribution in [3.8, 4) is 0 Å². The van der Waals surface area contributed by atoms with Crippen LogP contribution in [0.5, 0.6) is 0 Å². The van der Waals surface area contributed by atoms with Crippen LogP contribution < -0.4 is 11.1 Å². The fourth-order valence-electron chi connectivity index (χ4n) is 1.60. The van der Waals surface area contributed by atoms with E-state index in [0.29, 0.717) is 12.8 Å². The van der Waals surface area contributed by atoms with Crippen molar-refractivity contribution in [2.24, 2.45) is 11.1 Å². The summed E-state index contributed by atoms with van der Waals surface area (Å²) in [7, 11) is 0. The highest BCUT2D eigenvalue weighted by Crippen LogP contribution is 2.45. The lowest BCUT2D eigenvalue weighted by Gasteiger charge is -2.14. The lowest BCUT2D eigenvalue weighted by Crippen LogP contribution is -2.31. The maximum Gasteiger partial charge on any atom is 0.232 e. The average Bonchev–Trinajstić information content (AvgIpc) is 3.13. The Labute approximate surface area is 100.0 Å². The molecule has 98 valence electrons. The van der Waals surface area contributed by atoms with Crippen molar-refractivity contribution in [1.82, 2.24) is 0 Å². The second-order valence-electron chi connectivity index (χ2n) is 4.28. The van der Waals surface area contributed by atoms with Crippen molar-refractivity contribution in [3.63, 3.8) is 0 Å². The van der Waals surface area contributed by atoms with Gasteiger partial charge in [0.1, 0.15) is 5.69 Å². The molecule has 0 heterocycles. The van der Waals surface area contributed by atoms with Crippen LogP contribution in [0, 0.1) is 28.7 Å². The lowest BCUT2D eigenvalue weighted by molar-refractivity contribution is -0.120. The van der Waals surface area contributed by atoms with Gasteiger partial charge in [-0.15, -0.1) is 0 Å². The molecule has 2 rings (SSSR count). The Morgan fingerprint density at radius 1 is 1.22 bits per heavy atom. The van der Waals surface area contributed by atoms with Gasteiger partial charge in [-0.2, -0.15) is 0 Å². The average molecular weight is 262 g/mol. The summed E-state index contributed by atoms with van der Waals surface area (Å²) in [5.74, 6) is -7.12. The van der Waals surface area contributed by atoms with Gasteiger partial charge in [-0.3, -0.25) is 4.79 Å². The van der Waals surface area contributed by atoms with E-state index in [-0.39, 0.29) is 12.6 Å². The summed E-state index contributed by atoms with van der Waals surface area (Å²) >= 11 is 0. The van der Waals surface area contributed by atoms with Crippen molar-refractivity contribution >= 4 is 11.6 Å². The first-order valence-corrected chi connectivity index (χ1v) is 5.26. The van der Waals surface area contributed by atoms with Gasteiger partial charge in [-0.25, -0.2) is 17.6 Å². The largest absolute Gasteiger partial charge is 0.329 e. The molecule has 1 aliphatic carbocycles. The zero-order chi connectivity index (χ0) is 13.5. The first kappa shape index (κ1) is 12.8. The van der Waals surface area contributed by atoms with Crippen molar-refractivity contribution in [2.75, 3.05) is 11.9 Å². The molecule has 0 saturated heterocycles. The van der Waals surface area contributed by atoms with E-state index in [9.17, 15) is 22.4 Å². The number of carbonyl (C=O) groups excluding carboxylic acids is 1. The summed E-state index contributed by atoms with van der Waals surface area (Å²) in [4.78, 5) is 11.7. The normalized spacial score (nSPS) is 16.5. The number of nitrogens with two attached hydrogens (primary N) is 1. The van der Waals surface area contributed by atoms with Crippen LogP contribution in [0.1, 0.15) is 12.8 Å². The minimum Gasteiger partial charge on any atom is -0.329 e. The topological polar surface area (TPSA) is 55.1 Å². The molecule has 0 aliphatic heterocycles. The molecule has 1 aromatic carbocycles. The molecule has 1 aromatic rings. The van der Waals surface area contributed by atoms with Crippen LogP contribution in [0.4, 0.5) is 23.2 Å². The number of benzene rings is 1. The van der Waals surface area contributed by atoms with E-state index in [0.717, 1.165) is 0 Å². The summed E-state index contributed by atoms with van der Waals surface area (Å²) < 4.78 is 52.4. The third kappa shape index (κ3) is 1.94. The zero-order valence-corrected chi connectivity index (χ0v) is 9.20. The fraction of sp³-hybridized carbons (Fsp3) is 0.364. The highest BCUT2D eigenvalue weighted by molar-refractivity contribution is 5.97. The third-order valence-electron chi connectivity index (χ3n) is 3.08. The predicted octanol–water partition coefficient (Wildman–Crippen LogP) is 1.92. The van der Waals surface area contributed by atoms with E-state index >= 15 is 0 Å². The molecule has 3 N–H and O–H groups in total. The van der Waals surface area contributed by atoms with E-state index < -0.39 is 40.3 Å². The Kier molecular flexibility index (Phi) is 3.02. The molecule has 0 aromatic heterocycles. The summed E-state index contributed by atoms with van der Waals surface area (Å²) in [6, 6.07) is 0.0795. The van der Waals surface area contributed by atoms with Crippen molar-refractivity contribution < 1.29 is 22.4 Å². The van der Waals surface area contributed by atoms with E-state index in [1.54, 1.807) is 0 Å². The molecule has 1 fully saturated rings. The maximum absolute atomic E-state index is 13.3. The van der Waals surface area contributed by atoms with Gasteiger partial charge in [0.05, 0.1) is 5.41 Å². The molecule has 3 nitrogen and oxygen atoms in total. The lowest BCUT2D eigenvalue weighted by atomic mass is 10.1. The predicted molar refractivity (Wildman–Crippen MR) is 55.6 cm³/mol. The van der Waals surface area contributed by atoms with Gasteiger partial charge < -0.3 is 11.1 Å². The van der Waals surface area contributed by atoms with Crippen LogP contribution in [-0.4, -0.2) is 12.5 Å². The summed E-state index contributed by atoms with van der Waals surface area (Å²) in [5, 5.41) is 1.86. The molecule has 18 heavy (non-hydrogen) atoms. The van der Waals surface area contributed by atoms with Gasteiger partial charge in [0.15, 0.2) is 23.3 Å². The Morgan fingerprint density at radius 3 is 2.11 bits per heavy atom. The van der Waals surface area contributed by atoms with Crippen molar-refractivity contribution in [3.05, 3.63) is 29.3 Å². The second kappa shape index (κ2) is 4.24. The van der Waals surface area contributed by atoms with Crippen LogP contribution in [-0.2, 0) is 4.79 Å². The molecule has 0 radical (unpaired) electrons. The minimum absolute atomic E-state index is 0.0138. The van der Waals surface area contributed by atoms with Gasteiger partial charge in [-0.05, 0) is 12.8 Å². The van der Waals surface area contributed by atoms with Crippen LogP contribution >= 0.6 is 0 Å². The van der Waals surface area contributed by atoms with Crippen LogP contribution in [0.3, 0.4) is 0 Å². The standard InChI is InChI=1S/C11H10F4N2O/c12-5-3-6(13)8(15)9(7(5)14)17-10(18)11(4-16)1-2-11/h3H,1-2,4,16H2,(H,17,18).